The van der Waals surface area contributed by atoms with Crippen LogP contribution in [0.1, 0.15) is 34.7 Å². The van der Waals surface area contributed by atoms with Crippen molar-refractivity contribution in [2.75, 3.05) is 46.4 Å². The zero-order valence-electron chi connectivity index (χ0n) is 19.9. The first-order chi connectivity index (χ1) is 17.2. The average molecular weight is 472 g/mol. The number of ether oxygens (including phenoxy) is 1. The normalized spacial score (nSPS) is 17.8. The van der Waals surface area contributed by atoms with Gasteiger partial charge in [0.25, 0.3) is 5.91 Å². The molecule has 9 heteroatoms. The van der Waals surface area contributed by atoms with Gasteiger partial charge in [-0.1, -0.05) is 11.3 Å². The first kappa shape index (κ1) is 21.9. The van der Waals surface area contributed by atoms with E-state index in [1.54, 1.807) is 4.68 Å². The number of carbonyl (C=O) groups is 1. The van der Waals surface area contributed by atoms with E-state index in [1.165, 1.54) is 18.4 Å². The Labute approximate surface area is 203 Å². The number of H-pyrrole nitrogens is 1. The second kappa shape index (κ2) is 9.24. The highest BCUT2D eigenvalue weighted by atomic mass is 16.5. The summed E-state index contributed by atoms with van der Waals surface area (Å²) in [4.78, 5) is 16.9. The number of piperidine rings is 1. The lowest BCUT2D eigenvalue weighted by Crippen LogP contribution is -2.40. The highest BCUT2D eigenvalue weighted by molar-refractivity contribution is 5.94. The summed E-state index contributed by atoms with van der Waals surface area (Å²) in [5.41, 5.74) is 5.38. The van der Waals surface area contributed by atoms with Crippen LogP contribution in [0.25, 0.3) is 28.0 Å². The van der Waals surface area contributed by atoms with Crippen molar-refractivity contribution in [1.29, 1.82) is 0 Å². The second-order valence-electron chi connectivity index (χ2n) is 9.45. The molecule has 4 aromatic rings. The zero-order valence-corrected chi connectivity index (χ0v) is 19.9. The maximum Gasteiger partial charge on any atom is 0.254 e. The molecule has 1 amide bonds. The molecule has 0 radical (unpaired) electrons. The van der Waals surface area contributed by atoms with Gasteiger partial charge in [0, 0.05) is 24.0 Å². The van der Waals surface area contributed by atoms with Gasteiger partial charge in [-0.05, 0) is 80.9 Å². The van der Waals surface area contributed by atoms with Gasteiger partial charge in [0.2, 0.25) is 0 Å². The number of nitrogens with one attached hydrogen (secondary N) is 1. The molecule has 1 N–H and O–H groups in total. The van der Waals surface area contributed by atoms with Crippen LogP contribution in [0.5, 0.6) is 0 Å². The molecule has 2 aliphatic rings. The number of aromatic amines is 1. The lowest BCUT2D eigenvalue weighted by molar-refractivity contribution is 0.0303. The van der Waals surface area contributed by atoms with Crippen molar-refractivity contribution in [1.82, 2.24) is 35.0 Å². The van der Waals surface area contributed by atoms with Crippen LogP contribution in [0.4, 0.5) is 0 Å². The number of hydrogen-bond acceptors (Lipinski definition) is 6. The summed E-state index contributed by atoms with van der Waals surface area (Å²) in [6.45, 7) is 4.70. The molecule has 2 aromatic carbocycles. The van der Waals surface area contributed by atoms with E-state index in [2.05, 4.69) is 50.7 Å². The van der Waals surface area contributed by atoms with Crippen LogP contribution in [0.2, 0.25) is 0 Å². The molecule has 0 bridgehead atoms. The summed E-state index contributed by atoms with van der Waals surface area (Å²) in [6, 6.07) is 14.1. The highest BCUT2D eigenvalue weighted by Crippen LogP contribution is 2.32. The summed E-state index contributed by atoms with van der Waals surface area (Å²) in [7, 11) is 2.19. The molecule has 180 valence electrons. The molecular weight excluding hydrogens is 442 g/mol. The second-order valence-corrected chi connectivity index (χ2v) is 9.45. The van der Waals surface area contributed by atoms with Crippen molar-refractivity contribution in [3.63, 3.8) is 0 Å². The van der Waals surface area contributed by atoms with Crippen LogP contribution in [0.3, 0.4) is 0 Å². The summed E-state index contributed by atoms with van der Waals surface area (Å²) >= 11 is 0. The Kier molecular flexibility index (Phi) is 5.79. The van der Waals surface area contributed by atoms with Gasteiger partial charge in [-0.3, -0.25) is 9.89 Å². The van der Waals surface area contributed by atoms with E-state index in [-0.39, 0.29) is 5.91 Å². The number of nitrogens with zero attached hydrogens (tertiary/aromatic N) is 6. The molecule has 2 aliphatic heterocycles. The summed E-state index contributed by atoms with van der Waals surface area (Å²) < 4.78 is 7.06. The van der Waals surface area contributed by atoms with E-state index in [9.17, 15) is 4.79 Å². The Bertz CT molecular complexity index is 1330. The topological polar surface area (TPSA) is 92.2 Å². The molecule has 9 nitrogen and oxygen atoms in total. The van der Waals surface area contributed by atoms with E-state index in [1.807, 2.05) is 35.4 Å². The Morgan fingerprint density at radius 3 is 2.57 bits per heavy atom. The Hall–Kier alpha value is -3.56. The van der Waals surface area contributed by atoms with Crippen molar-refractivity contribution in [2.24, 2.45) is 0 Å². The van der Waals surface area contributed by atoms with Gasteiger partial charge < -0.3 is 14.5 Å². The maximum absolute atomic E-state index is 12.7. The third-order valence-corrected chi connectivity index (χ3v) is 7.19. The van der Waals surface area contributed by atoms with Crippen molar-refractivity contribution in [3.8, 4) is 17.1 Å². The van der Waals surface area contributed by atoms with E-state index >= 15 is 0 Å². The minimum atomic E-state index is 0.0301. The molecule has 4 heterocycles. The lowest BCUT2D eigenvalue weighted by Gasteiger charge is -2.29. The van der Waals surface area contributed by atoms with Crippen molar-refractivity contribution >= 4 is 16.8 Å². The smallest absolute Gasteiger partial charge is 0.254 e. The summed E-state index contributed by atoms with van der Waals surface area (Å²) in [6.07, 6.45) is 4.24. The molecule has 35 heavy (non-hydrogen) atoms. The molecule has 2 saturated heterocycles. The standard InChI is InChI=1S/C26H29N7O2/c1-31-10-8-18(9-11-31)20-4-7-23-22(16-20)25(29-27-23)24-17-33(30-28-24)21-5-2-19(3-6-21)26(34)32-12-14-35-15-13-32/h2-7,16-18H,8-15H2,1H3,(H,27,29). The third-order valence-electron chi connectivity index (χ3n) is 7.19. The summed E-state index contributed by atoms with van der Waals surface area (Å²) in [5.74, 6) is 0.607. The molecular formula is C26H29N7O2. The van der Waals surface area contributed by atoms with Gasteiger partial charge in [-0.15, -0.1) is 5.10 Å². The Balaban J connectivity index is 1.23. The van der Waals surface area contributed by atoms with Gasteiger partial charge in [0.1, 0.15) is 11.4 Å². The van der Waals surface area contributed by atoms with Crippen molar-refractivity contribution < 1.29 is 9.53 Å². The van der Waals surface area contributed by atoms with Crippen LogP contribution < -0.4 is 0 Å². The fourth-order valence-corrected chi connectivity index (χ4v) is 5.03. The first-order valence-electron chi connectivity index (χ1n) is 12.2. The fourth-order valence-electron chi connectivity index (χ4n) is 5.03. The minimum absolute atomic E-state index is 0.0301. The van der Waals surface area contributed by atoms with Crippen molar-refractivity contribution in [3.05, 3.63) is 59.8 Å². The van der Waals surface area contributed by atoms with E-state index in [0.717, 1.165) is 35.4 Å². The van der Waals surface area contributed by atoms with Crippen LogP contribution in [0, 0.1) is 0 Å². The number of amides is 1. The predicted octanol–water partition coefficient (Wildman–Crippen LogP) is 3.09. The van der Waals surface area contributed by atoms with Crippen LogP contribution in [0.15, 0.2) is 48.7 Å². The Morgan fingerprint density at radius 2 is 1.80 bits per heavy atom. The van der Waals surface area contributed by atoms with E-state index in [0.29, 0.717) is 43.5 Å². The molecule has 6 rings (SSSR count). The van der Waals surface area contributed by atoms with Crippen molar-refractivity contribution in [2.45, 2.75) is 18.8 Å². The van der Waals surface area contributed by atoms with E-state index in [4.69, 9.17) is 4.74 Å². The quantitative estimate of drug-likeness (QED) is 0.492. The van der Waals surface area contributed by atoms with Crippen LogP contribution in [-0.2, 0) is 4.74 Å². The SMILES string of the molecule is CN1CCC(c2ccc3[nH]nc(-c4cn(-c5ccc(C(=O)N6CCOCC6)cc5)nn4)c3c2)CC1. The predicted molar refractivity (Wildman–Crippen MR) is 133 cm³/mol. The van der Waals surface area contributed by atoms with Gasteiger partial charge >= 0.3 is 0 Å². The number of fused-ring (bicyclic) bond motifs is 1. The molecule has 0 spiro atoms. The molecule has 0 aliphatic carbocycles. The summed E-state index contributed by atoms with van der Waals surface area (Å²) in [5, 5.41) is 17.5. The number of benzene rings is 2. The average Bonchev–Trinajstić information content (AvgIpc) is 3.56. The monoisotopic (exact) mass is 471 g/mol. The first-order valence-corrected chi connectivity index (χ1v) is 12.2. The maximum atomic E-state index is 12.7. The minimum Gasteiger partial charge on any atom is -0.378 e. The number of rotatable bonds is 4. The lowest BCUT2D eigenvalue weighted by atomic mass is 9.89. The molecule has 0 atom stereocenters. The van der Waals surface area contributed by atoms with Crippen LogP contribution in [-0.4, -0.2) is 87.3 Å². The molecule has 0 unspecified atom stereocenters. The van der Waals surface area contributed by atoms with Gasteiger partial charge in [-0.2, -0.15) is 5.10 Å². The zero-order chi connectivity index (χ0) is 23.8. The van der Waals surface area contributed by atoms with E-state index < -0.39 is 0 Å². The number of likely N-dealkylation sites (tertiary alicyclic amines) is 1. The molecule has 0 saturated carbocycles. The number of hydrogen-bond donors (Lipinski definition) is 1. The van der Waals surface area contributed by atoms with Gasteiger partial charge in [0.05, 0.1) is 30.6 Å². The molecule has 2 fully saturated rings. The number of carbonyl (C=O) groups excluding carboxylic acids is 1. The Morgan fingerprint density at radius 1 is 1.03 bits per heavy atom. The third kappa shape index (κ3) is 4.33. The number of aromatic nitrogens is 5. The van der Waals surface area contributed by atoms with Crippen LogP contribution >= 0.6 is 0 Å². The largest absolute Gasteiger partial charge is 0.378 e. The molecule has 2 aromatic heterocycles. The number of morpholine rings is 1. The highest BCUT2D eigenvalue weighted by Gasteiger charge is 2.21. The van der Waals surface area contributed by atoms with Gasteiger partial charge in [-0.25, -0.2) is 4.68 Å². The fraction of sp³-hybridized carbons (Fsp3) is 0.385. The van der Waals surface area contributed by atoms with Gasteiger partial charge in [0.15, 0.2) is 0 Å².